The van der Waals surface area contributed by atoms with Crippen LogP contribution in [0.25, 0.3) is 16.9 Å². The fraction of sp³-hybridized carbons (Fsp3) is 0. The lowest BCUT2D eigenvalue weighted by atomic mass is 10.2. The summed E-state index contributed by atoms with van der Waals surface area (Å²) in [5.74, 6) is 0. The summed E-state index contributed by atoms with van der Waals surface area (Å²) in [4.78, 5) is 4.55. The molecule has 0 aliphatic heterocycles. The summed E-state index contributed by atoms with van der Waals surface area (Å²) in [5.41, 5.74) is 2.82. The van der Waals surface area contributed by atoms with E-state index in [-0.39, 0.29) is 0 Å². The van der Waals surface area contributed by atoms with E-state index in [0.29, 0.717) is 5.15 Å². The standard InChI is InChI=1S/C13H8BrClN2/c14-10-5-2-1-4-9(10)11-8-17-12(15)6-3-7-13(17)16-11/h1-8H. The van der Waals surface area contributed by atoms with Crippen LogP contribution in [-0.2, 0) is 0 Å². The first-order chi connectivity index (χ1) is 8.25. The number of benzene rings is 1. The summed E-state index contributed by atoms with van der Waals surface area (Å²) in [6.07, 6.45) is 1.94. The van der Waals surface area contributed by atoms with Gasteiger partial charge in [-0.3, -0.25) is 4.40 Å². The van der Waals surface area contributed by atoms with Gasteiger partial charge in [-0.25, -0.2) is 4.98 Å². The third-order valence-electron chi connectivity index (χ3n) is 2.59. The van der Waals surface area contributed by atoms with Crippen molar-refractivity contribution >= 4 is 33.2 Å². The van der Waals surface area contributed by atoms with Crippen LogP contribution in [0.2, 0.25) is 5.15 Å². The van der Waals surface area contributed by atoms with Gasteiger partial charge in [0, 0.05) is 16.2 Å². The SMILES string of the molecule is Clc1cccc2nc(-c3ccccc3Br)cn12. The van der Waals surface area contributed by atoms with E-state index in [4.69, 9.17) is 11.6 Å². The Morgan fingerprint density at radius 3 is 2.65 bits per heavy atom. The van der Waals surface area contributed by atoms with Crippen LogP contribution in [0.3, 0.4) is 0 Å². The first-order valence-electron chi connectivity index (χ1n) is 5.14. The van der Waals surface area contributed by atoms with E-state index in [1.807, 2.05) is 53.1 Å². The summed E-state index contributed by atoms with van der Waals surface area (Å²) in [7, 11) is 0. The van der Waals surface area contributed by atoms with Crippen molar-refractivity contribution in [3.05, 3.63) is 58.3 Å². The molecule has 0 spiro atoms. The number of imidazole rings is 1. The molecular weight excluding hydrogens is 300 g/mol. The lowest BCUT2D eigenvalue weighted by Crippen LogP contribution is -1.82. The molecule has 0 bridgehead atoms. The molecule has 0 saturated carbocycles. The van der Waals surface area contributed by atoms with Crippen molar-refractivity contribution < 1.29 is 0 Å². The van der Waals surface area contributed by atoms with Gasteiger partial charge in [-0.2, -0.15) is 0 Å². The Bertz CT molecular complexity index is 691. The van der Waals surface area contributed by atoms with Gasteiger partial charge >= 0.3 is 0 Å². The van der Waals surface area contributed by atoms with E-state index in [0.717, 1.165) is 21.4 Å². The second-order valence-electron chi connectivity index (χ2n) is 3.68. The third-order valence-corrected chi connectivity index (χ3v) is 3.59. The van der Waals surface area contributed by atoms with Crippen molar-refractivity contribution in [2.24, 2.45) is 0 Å². The Balaban J connectivity index is 2.26. The van der Waals surface area contributed by atoms with Gasteiger partial charge in [0.25, 0.3) is 0 Å². The van der Waals surface area contributed by atoms with Crippen molar-refractivity contribution in [2.75, 3.05) is 0 Å². The minimum atomic E-state index is 0.660. The molecule has 0 unspecified atom stereocenters. The van der Waals surface area contributed by atoms with E-state index >= 15 is 0 Å². The topological polar surface area (TPSA) is 17.3 Å². The van der Waals surface area contributed by atoms with Gasteiger partial charge in [0.2, 0.25) is 0 Å². The van der Waals surface area contributed by atoms with Crippen molar-refractivity contribution in [2.45, 2.75) is 0 Å². The second kappa shape index (κ2) is 4.17. The first kappa shape index (κ1) is 10.8. The number of hydrogen-bond donors (Lipinski definition) is 0. The van der Waals surface area contributed by atoms with E-state index < -0.39 is 0 Å². The fourth-order valence-electron chi connectivity index (χ4n) is 1.78. The van der Waals surface area contributed by atoms with Gasteiger partial charge in [-0.05, 0) is 18.2 Å². The van der Waals surface area contributed by atoms with Crippen molar-refractivity contribution in [3.63, 3.8) is 0 Å². The molecule has 0 aliphatic rings. The summed E-state index contributed by atoms with van der Waals surface area (Å²) in [6.45, 7) is 0. The van der Waals surface area contributed by atoms with Crippen LogP contribution < -0.4 is 0 Å². The molecule has 0 radical (unpaired) electrons. The molecule has 2 nitrogen and oxygen atoms in total. The molecule has 0 N–H and O–H groups in total. The molecule has 84 valence electrons. The minimum absolute atomic E-state index is 0.660. The maximum Gasteiger partial charge on any atom is 0.138 e. The van der Waals surface area contributed by atoms with Gasteiger partial charge in [-0.15, -0.1) is 0 Å². The molecule has 2 heterocycles. The lowest BCUT2D eigenvalue weighted by Gasteiger charge is -1.98. The van der Waals surface area contributed by atoms with Crippen LogP contribution in [0.4, 0.5) is 0 Å². The van der Waals surface area contributed by atoms with E-state index in [2.05, 4.69) is 20.9 Å². The van der Waals surface area contributed by atoms with Crippen LogP contribution in [0, 0.1) is 0 Å². The molecule has 0 aliphatic carbocycles. The Hall–Kier alpha value is -1.32. The Kier molecular flexibility index (Phi) is 2.65. The van der Waals surface area contributed by atoms with Crippen molar-refractivity contribution in [1.29, 1.82) is 0 Å². The van der Waals surface area contributed by atoms with Gasteiger partial charge < -0.3 is 0 Å². The fourth-order valence-corrected chi connectivity index (χ4v) is 2.47. The Labute approximate surface area is 112 Å². The predicted octanol–water partition coefficient (Wildman–Crippen LogP) is 4.42. The zero-order chi connectivity index (χ0) is 11.8. The maximum absolute atomic E-state index is 6.11. The number of pyridine rings is 1. The summed E-state index contributed by atoms with van der Waals surface area (Å²) in [6, 6.07) is 13.7. The van der Waals surface area contributed by atoms with Gasteiger partial charge in [0.05, 0.1) is 5.69 Å². The van der Waals surface area contributed by atoms with Crippen LogP contribution in [-0.4, -0.2) is 9.38 Å². The van der Waals surface area contributed by atoms with Crippen LogP contribution in [0.1, 0.15) is 0 Å². The zero-order valence-electron chi connectivity index (χ0n) is 8.77. The second-order valence-corrected chi connectivity index (χ2v) is 4.92. The molecule has 0 fully saturated rings. The number of rotatable bonds is 1. The van der Waals surface area contributed by atoms with Gasteiger partial charge in [-0.1, -0.05) is 51.8 Å². The molecule has 2 aromatic heterocycles. The van der Waals surface area contributed by atoms with Crippen LogP contribution in [0.15, 0.2) is 53.1 Å². The third kappa shape index (κ3) is 1.85. The molecule has 3 rings (SSSR count). The summed E-state index contributed by atoms with van der Waals surface area (Å²) >= 11 is 9.64. The largest absolute Gasteiger partial charge is 0.290 e. The van der Waals surface area contributed by atoms with Gasteiger partial charge in [0.15, 0.2) is 0 Å². The Morgan fingerprint density at radius 2 is 1.88 bits per heavy atom. The van der Waals surface area contributed by atoms with E-state index in [9.17, 15) is 0 Å². The van der Waals surface area contributed by atoms with E-state index in [1.165, 1.54) is 0 Å². The quantitative estimate of drug-likeness (QED) is 0.608. The monoisotopic (exact) mass is 306 g/mol. The molecule has 0 saturated heterocycles. The minimum Gasteiger partial charge on any atom is -0.290 e. The van der Waals surface area contributed by atoms with Crippen LogP contribution in [0.5, 0.6) is 0 Å². The lowest BCUT2D eigenvalue weighted by molar-refractivity contribution is 1.19. The maximum atomic E-state index is 6.11. The van der Waals surface area contributed by atoms with E-state index in [1.54, 1.807) is 0 Å². The molecular formula is C13H8BrClN2. The van der Waals surface area contributed by atoms with Crippen molar-refractivity contribution in [3.8, 4) is 11.3 Å². The smallest absolute Gasteiger partial charge is 0.138 e. The Morgan fingerprint density at radius 1 is 1.06 bits per heavy atom. The summed E-state index contributed by atoms with van der Waals surface area (Å²) in [5, 5.41) is 0.660. The highest BCUT2D eigenvalue weighted by Crippen LogP contribution is 2.28. The molecule has 3 aromatic rings. The highest BCUT2D eigenvalue weighted by molar-refractivity contribution is 9.10. The number of halogens is 2. The normalized spacial score (nSPS) is 10.9. The molecule has 0 atom stereocenters. The average molecular weight is 308 g/mol. The predicted molar refractivity (Wildman–Crippen MR) is 73.3 cm³/mol. The first-order valence-corrected chi connectivity index (χ1v) is 6.31. The zero-order valence-corrected chi connectivity index (χ0v) is 11.1. The molecule has 1 aromatic carbocycles. The highest BCUT2D eigenvalue weighted by atomic mass is 79.9. The number of hydrogen-bond acceptors (Lipinski definition) is 1. The number of aromatic nitrogens is 2. The highest BCUT2D eigenvalue weighted by Gasteiger charge is 2.08. The molecule has 0 amide bonds. The summed E-state index contributed by atoms with van der Waals surface area (Å²) < 4.78 is 2.90. The number of nitrogens with zero attached hydrogens (tertiary/aromatic N) is 2. The molecule has 4 heteroatoms. The number of fused-ring (bicyclic) bond motifs is 1. The van der Waals surface area contributed by atoms with Crippen LogP contribution >= 0.6 is 27.5 Å². The van der Waals surface area contributed by atoms with Gasteiger partial charge in [0.1, 0.15) is 10.8 Å². The molecule has 17 heavy (non-hydrogen) atoms. The van der Waals surface area contributed by atoms with Crippen molar-refractivity contribution in [1.82, 2.24) is 9.38 Å². The average Bonchev–Trinajstić information content (AvgIpc) is 2.75.